The number of rotatable bonds is 0. The normalized spacial score (nSPS) is 23.4. The molecule has 1 aliphatic rings. The van der Waals surface area contributed by atoms with Gasteiger partial charge in [0.05, 0.1) is 9.70 Å². The van der Waals surface area contributed by atoms with E-state index in [0.717, 1.165) is 17.7 Å². The zero-order valence-corrected chi connectivity index (χ0v) is 8.24. The highest BCUT2D eigenvalue weighted by Gasteiger charge is 2.25. The number of carbonyl (C=O) groups is 1. The van der Waals surface area contributed by atoms with Gasteiger partial charge < -0.3 is 0 Å². The average Bonchev–Trinajstić information content (AvgIpc) is 2.45. The lowest BCUT2D eigenvalue weighted by molar-refractivity contribution is 0.0986. The topological polar surface area (TPSA) is 17.1 Å². The van der Waals surface area contributed by atoms with Gasteiger partial charge in [-0.2, -0.15) is 0 Å². The molecule has 0 amide bonds. The van der Waals surface area contributed by atoms with Crippen LogP contribution >= 0.6 is 27.3 Å². The number of hydrogen-bond acceptors (Lipinski definition) is 2. The van der Waals surface area contributed by atoms with E-state index in [1.807, 2.05) is 5.38 Å². The van der Waals surface area contributed by atoms with Crippen molar-refractivity contribution in [3.8, 4) is 0 Å². The molecule has 0 radical (unpaired) electrons. The Labute approximate surface area is 77.6 Å². The van der Waals surface area contributed by atoms with Crippen LogP contribution in [0.15, 0.2) is 11.4 Å². The summed E-state index contributed by atoms with van der Waals surface area (Å²) in [5.74, 6) is 0.265. The van der Waals surface area contributed by atoms with Crippen molar-refractivity contribution in [1.82, 2.24) is 0 Å². The maximum Gasteiger partial charge on any atom is 0.186 e. The largest absolute Gasteiger partial charge is 0.292 e. The van der Waals surface area contributed by atoms with E-state index in [0.29, 0.717) is 0 Å². The Kier molecular flexibility index (Phi) is 1.85. The summed E-state index contributed by atoms with van der Waals surface area (Å²) in [6, 6.07) is 2.05. The van der Waals surface area contributed by atoms with E-state index in [-0.39, 0.29) is 10.6 Å². The highest BCUT2D eigenvalue weighted by Crippen LogP contribution is 2.29. The van der Waals surface area contributed by atoms with E-state index in [1.54, 1.807) is 11.3 Å². The first-order chi connectivity index (χ1) is 5.29. The lowest BCUT2D eigenvalue weighted by Crippen LogP contribution is -2.20. The number of hydrogen-bond donors (Lipinski definition) is 0. The number of aryl methyl sites for hydroxylation is 1. The summed E-state index contributed by atoms with van der Waals surface area (Å²) < 4.78 is 0. The molecule has 1 aromatic rings. The van der Waals surface area contributed by atoms with Crippen LogP contribution in [0.1, 0.15) is 21.7 Å². The molecule has 0 aliphatic heterocycles. The van der Waals surface area contributed by atoms with Gasteiger partial charge in [0, 0.05) is 0 Å². The van der Waals surface area contributed by atoms with Crippen LogP contribution in [0.3, 0.4) is 0 Å². The van der Waals surface area contributed by atoms with Crippen LogP contribution in [0.4, 0.5) is 0 Å². The molecule has 1 heterocycles. The fourth-order valence-corrected chi connectivity index (χ4v) is 2.86. The second-order valence-corrected chi connectivity index (χ2v) is 4.67. The average molecular weight is 231 g/mol. The van der Waals surface area contributed by atoms with Crippen molar-refractivity contribution in [2.45, 2.75) is 17.7 Å². The molecule has 0 spiro atoms. The minimum atomic E-state index is 0.0636. The fraction of sp³-hybridized carbons (Fsp3) is 0.375. The molecule has 1 atom stereocenters. The fourth-order valence-electron chi connectivity index (χ4n) is 1.30. The molecule has 0 fully saturated rings. The number of thiophene rings is 1. The number of Topliss-reactive ketones (excluding diaryl/α,β-unsaturated/α-hetero) is 1. The Morgan fingerprint density at radius 2 is 2.45 bits per heavy atom. The molecule has 1 nitrogen and oxygen atoms in total. The van der Waals surface area contributed by atoms with Crippen LogP contribution < -0.4 is 0 Å². The molecule has 2 rings (SSSR count). The lowest BCUT2D eigenvalue weighted by Gasteiger charge is -2.14. The van der Waals surface area contributed by atoms with Gasteiger partial charge in [-0.15, -0.1) is 11.3 Å². The van der Waals surface area contributed by atoms with E-state index in [2.05, 4.69) is 22.0 Å². The Bertz CT molecular complexity index is 292. The standard InChI is InChI=1S/C8H7BrOS/c9-6-2-1-5-3-4-11-8(5)7(6)10/h3-4,6H,1-2H2. The Morgan fingerprint density at radius 1 is 1.64 bits per heavy atom. The molecule has 3 heteroatoms. The molecule has 0 N–H and O–H groups in total. The maximum atomic E-state index is 11.4. The zero-order valence-electron chi connectivity index (χ0n) is 5.84. The van der Waals surface area contributed by atoms with E-state index in [4.69, 9.17) is 0 Å². The van der Waals surface area contributed by atoms with Crippen molar-refractivity contribution in [3.63, 3.8) is 0 Å². The summed E-state index contributed by atoms with van der Waals surface area (Å²) in [5, 5.41) is 1.99. The van der Waals surface area contributed by atoms with Gasteiger partial charge in [-0.3, -0.25) is 4.79 Å². The third kappa shape index (κ3) is 1.16. The summed E-state index contributed by atoms with van der Waals surface area (Å²) in [5.41, 5.74) is 1.23. The highest BCUT2D eigenvalue weighted by molar-refractivity contribution is 9.10. The maximum absolute atomic E-state index is 11.4. The van der Waals surface area contributed by atoms with Crippen LogP contribution in [0.25, 0.3) is 0 Å². The van der Waals surface area contributed by atoms with Crippen LogP contribution in [0.2, 0.25) is 0 Å². The van der Waals surface area contributed by atoms with E-state index < -0.39 is 0 Å². The van der Waals surface area contributed by atoms with Crippen molar-refractivity contribution < 1.29 is 4.79 Å². The first-order valence-corrected chi connectivity index (χ1v) is 5.33. The first kappa shape index (κ1) is 7.50. The molecule has 58 valence electrons. The molecule has 11 heavy (non-hydrogen) atoms. The molecule has 0 saturated carbocycles. The molecular formula is C8H7BrOS. The van der Waals surface area contributed by atoms with Crippen molar-refractivity contribution in [2.75, 3.05) is 0 Å². The molecule has 1 aliphatic carbocycles. The summed E-state index contributed by atoms with van der Waals surface area (Å²) in [4.78, 5) is 12.5. The minimum Gasteiger partial charge on any atom is -0.292 e. The molecular weight excluding hydrogens is 224 g/mol. The van der Waals surface area contributed by atoms with Gasteiger partial charge in [-0.25, -0.2) is 0 Å². The second kappa shape index (κ2) is 2.72. The van der Waals surface area contributed by atoms with Gasteiger partial charge in [-0.1, -0.05) is 15.9 Å². The van der Waals surface area contributed by atoms with Gasteiger partial charge in [0.15, 0.2) is 5.78 Å². The quantitative estimate of drug-likeness (QED) is 0.627. The third-order valence-corrected chi connectivity index (χ3v) is 3.77. The van der Waals surface area contributed by atoms with Gasteiger partial charge in [0.2, 0.25) is 0 Å². The number of fused-ring (bicyclic) bond motifs is 1. The van der Waals surface area contributed by atoms with Crippen molar-refractivity contribution in [1.29, 1.82) is 0 Å². The van der Waals surface area contributed by atoms with Gasteiger partial charge in [0.25, 0.3) is 0 Å². The Hall–Kier alpha value is -0.150. The molecule has 0 aromatic carbocycles. The van der Waals surface area contributed by atoms with Crippen LogP contribution in [0, 0.1) is 0 Å². The third-order valence-electron chi connectivity index (χ3n) is 1.92. The summed E-state index contributed by atoms with van der Waals surface area (Å²) >= 11 is 4.92. The number of carbonyl (C=O) groups excluding carboxylic acids is 1. The molecule has 0 saturated heterocycles. The molecule has 1 unspecified atom stereocenters. The monoisotopic (exact) mass is 230 g/mol. The minimum absolute atomic E-state index is 0.0636. The van der Waals surface area contributed by atoms with Crippen LogP contribution in [-0.4, -0.2) is 10.6 Å². The zero-order chi connectivity index (χ0) is 7.84. The SMILES string of the molecule is O=C1c2sccc2CCC1Br. The van der Waals surface area contributed by atoms with Crippen LogP contribution in [-0.2, 0) is 6.42 Å². The van der Waals surface area contributed by atoms with E-state index in [1.165, 1.54) is 5.56 Å². The van der Waals surface area contributed by atoms with Crippen molar-refractivity contribution in [2.24, 2.45) is 0 Å². The van der Waals surface area contributed by atoms with Crippen molar-refractivity contribution in [3.05, 3.63) is 21.9 Å². The number of alkyl halides is 1. The predicted molar refractivity (Wildman–Crippen MR) is 49.7 cm³/mol. The van der Waals surface area contributed by atoms with E-state index in [9.17, 15) is 4.79 Å². The van der Waals surface area contributed by atoms with Crippen molar-refractivity contribution >= 4 is 33.0 Å². The number of ketones is 1. The lowest BCUT2D eigenvalue weighted by atomic mass is 9.98. The van der Waals surface area contributed by atoms with Crippen LogP contribution in [0.5, 0.6) is 0 Å². The van der Waals surface area contributed by atoms with Gasteiger partial charge >= 0.3 is 0 Å². The Balaban J connectivity index is 2.46. The van der Waals surface area contributed by atoms with Gasteiger partial charge in [-0.05, 0) is 29.9 Å². The smallest absolute Gasteiger partial charge is 0.186 e. The second-order valence-electron chi connectivity index (χ2n) is 2.65. The summed E-state index contributed by atoms with van der Waals surface area (Å²) in [7, 11) is 0. The summed E-state index contributed by atoms with van der Waals surface area (Å²) in [6.45, 7) is 0. The highest BCUT2D eigenvalue weighted by atomic mass is 79.9. The van der Waals surface area contributed by atoms with Gasteiger partial charge in [0.1, 0.15) is 0 Å². The summed E-state index contributed by atoms with van der Waals surface area (Å²) in [6.07, 6.45) is 1.99. The predicted octanol–water partition coefficient (Wildman–Crippen LogP) is 2.64. The first-order valence-electron chi connectivity index (χ1n) is 3.53. The number of halogens is 1. The molecule has 1 aromatic heterocycles. The van der Waals surface area contributed by atoms with E-state index >= 15 is 0 Å². The Morgan fingerprint density at radius 3 is 3.27 bits per heavy atom. The molecule has 0 bridgehead atoms.